The van der Waals surface area contributed by atoms with Gasteiger partial charge in [-0.3, -0.25) is 4.79 Å². The average Bonchev–Trinajstić information content (AvgIpc) is 2.16. The third-order valence-electron chi connectivity index (χ3n) is 1.66. The second-order valence-electron chi connectivity index (χ2n) is 2.76. The van der Waals surface area contributed by atoms with Crippen LogP contribution in [0.4, 0.5) is 0 Å². The maximum atomic E-state index is 10.7. The summed E-state index contributed by atoms with van der Waals surface area (Å²) < 4.78 is 9.64. The number of carboxylic acids is 1. The first kappa shape index (κ1) is 11.0. The van der Waals surface area contributed by atoms with Gasteiger partial charge in [-0.05, 0) is 12.1 Å². The summed E-state index contributed by atoms with van der Waals surface area (Å²) in [6, 6.07) is 4.07. The third-order valence-corrected chi connectivity index (χ3v) is 1.66. The number of methoxy groups -OCH3 is 1. The number of hydrogen-bond donors (Lipinski definition) is 1. The summed E-state index contributed by atoms with van der Waals surface area (Å²) >= 11 is 0. The van der Waals surface area contributed by atoms with Gasteiger partial charge in [0.2, 0.25) is 0 Å². The predicted molar refractivity (Wildman–Crippen MR) is 51.3 cm³/mol. The quantitative estimate of drug-likeness (QED) is 0.601. The normalized spacial score (nSPS) is 9.47. The Morgan fingerprint density at radius 3 is 2.47 bits per heavy atom. The molecule has 0 aromatic heterocycles. The molecule has 0 spiro atoms. The van der Waals surface area contributed by atoms with Gasteiger partial charge in [0.25, 0.3) is 0 Å². The van der Waals surface area contributed by atoms with Crippen molar-refractivity contribution in [2.75, 3.05) is 7.11 Å². The first-order chi connectivity index (χ1) is 7.04. The zero-order valence-corrected chi connectivity index (χ0v) is 8.31. The van der Waals surface area contributed by atoms with Crippen molar-refractivity contribution in [1.82, 2.24) is 0 Å². The van der Waals surface area contributed by atoms with Gasteiger partial charge in [-0.15, -0.1) is 0 Å². The Bertz CT molecular complexity index is 397. The maximum Gasteiger partial charge on any atom is 0.339 e. The molecule has 5 nitrogen and oxygen atoms in total. The number of rotatable bonds is 3. The van der Waals surface area contributed by atoms with Crippen molar-refractivity contribution in [3.05, 3.63) is 23.8 Å². The molecule has 0 aliphatic carbocycles. The Balaban J connectivity index is 3.07. The van der Waals surface area contributed by atoms with E-state index in [0.717, 1.165) is 0 Å². The molecule has 0 saturated heterocycles. The van der Waals surface area contributed by atoms with Crippen LogP contribution in [0, 0.1) is 0 Å². The van der Waals surface area contributed by atoms with Crippen LogP contribution in [0.2, 0.25) is 0 Å². The van der Waals surface area contributed by atoms with Gasteiger partial charge in [0, 0.05) is 13.0 Å². The van der Waals surface area contributed by atoms with Gasteiger partial charge in [0.15, 0.2) is 0 Å². The molecule has 0 aliphatic heterocycles. The Labute approximate surface area is 86.2 Å². The summed E-state index contributed by atoms with van der Waals surface area (Å²) in [5, 5.41) is 8.78. The molecule has 1 rings (SSSR count). The average molecular weight is 210 g/mol. The SMILES string of the molecule is COc1cc(OC(C)=O)ccc1C(=O)O. The van der Waals surface area contributed by atoms with Crippen molar-refractivity contribution in [1.29, 1.82) is 0 Å². The lowest BCUT2D eigenvalue weighted by molar-refractivity contribution is -0.131. The van der Waals surface area contributed by atoms with Crippen molar-refractivity contribution in [2.24, 2.45) is 0 Å². The molecule has 0 amide bonds. The van der Waals surface area contributed by atoms with Crippen LogP contribution in [0.15, 0.2) is 18.2 Å². The smallest absolute Gasteiger partial charge is 0.339 e. The van der Waals surface area contributed by atoms with Gasteiger partial charge in [-0.1, -0.05) is 0 Å². The van der Waals surface area contributed by atoms with Crippen molar-refractivity contribution >= 4 is 11.9 Å². The van der Waals surface area contributed by atoms with Crippen LogP contribution < -0.4 is 9.47 Å². The molecule has 0 bridgehead atoms. The van der Waals surface area contributed by atoms with Crippen LogP contribution in [0.1, 0.15) is 17.3 Å². The van der Waals surface area contributed by atoms with E-state index in [2.05, 4.69) is 0 Å². The number of hydrogen-bond acceptors (Lipinski definition) is 4. The fourth-order valence-electron chi connectivity index (χ4n) is 1.08. The standard InChI is InChI=1S/C10H10O5/c1-6(11)15-7-3-4-8(10(12)13)9(5-7)14-2/h3-5H,1-2H3,(H,12,13). The van der Waals surface area contributed by atoms with Crippen LogP contribution in [0.5, 0.6) is 11.5 Å². The van der Waals surface area contributed by atoms with Gasteiger partial charge in [0.1, 0.15) is 17.1 Å². The first-order valence-electron chi connectivity index (χ1n) is 4.14. The molecule has 1 N–H and O–H groups in total. The summed E-state index contributed by atoms with van der Waals surface area (Å²) in [5.41, 5.74) is 0.0217. The summed E-state index contributed by atoms with van der Waals surface area (Å²) in [7, 11) is 1.35. The highest BCUT2D eigenvalue weighted by Gasteiger charge is 2.12. The Hall–Kier alpha value is -2.04. The number of benzene rings is 1. The summed E-state index contributed by atoms with van der Waals surface area (Å²) in [6.45, 7) is 1.26. The lowest BCUT2D eigenvalue weighted by Crippen LogP contribution is -2.04. The molecule has 0 saturated carbocycles. The molecule has 15 heavy (non-hydrogen) atoms. The zero-order chi connectivity index (χ0) is 11.4. The Kier molecular flexibility index (Phi) is 3.28. The Morgan fingerprint density at radius 1 is 1.33 bits per heavy atom. The van der Waals surface area contributed by atoms with Crippen molar-refractivity contribution < 1.29 is 24.2 Å². The predicted octanol–water partition coefficient (Wildman–Crippen LogP) is 1.32. The fraction of sp³-hybridized carbons (Fsp3) is 0.200. The second-order valence-corrected chi connectivity index (χ2v) is 2.76. The van der Waals surface area contributed by atoms with Crippen LogP contribution in [0.25, 0.3) is 0 Å². The van der Waals surface area contributed by atoms with Crippen LogP contribution in [-0.4, -0.2) is 24.2 Å². The summed E-state index contributed by atoms with van der Waals surface area (Å²) in [5.74, 6) is -1.16. The van der Waals surface area contributed by atoms with Gasteiger partial charge in [0.05, 0.1) is 7.11 Å². The van der Waals surface area contributed by atoms with Gasteiger partial charge >= 0.3 is 11.9 Å². The highest BCUT2D eigenvalue weighted by molar-refractivity contribution is 5.91. The summed E-state index contributed by atoms with van der Waals surface area (Å²) in [4.78, 5) is 21.4. The molecule has 0 heterocycles. The number of carbonyl (C=O) groups excluding carboxylic acids is 1. The van der Waals surface area contributed by atoms with E-state index in [9.17, 15) is 9.59 Å². The Morgan fingerprint density at radius 2 is 2.00 bits per heavy atom. The minimum Gasteiger partial charge on any atom is -0.496 e. The van der Waals surface area contributed by atoms with Crippen molar-refractivity contribution in [3.8, 4) is 11.5 Å². The van der Waals surface area contributed by atoms with E-state index in [4.69, 9.17) is 14.6 Å². The van der Waals surface area contributed by atoms with E-state index < -0.39 is 11.9 Å². The molecule has 0 fully saturated rings. The van der Waals surface area contributed by atoms with Crippen LogP contribution >= 0.6 is 0 Å². The van der Waals surface area contributed by atoms with Gasteiger partial charge < -0.3 is 14.6 Å². The molecular weight excluding hydrogens is 200 g/mol. The van der Waals surface area contributed by atoms with E-state index in [-0.39, 0.29) is 17.1 Å². The molecule has 0 unspecified atom stereocenters. The van der Waals surface area contributed by atoms with Gasteiger partial charge in [-0.2, -0.15) is 0 Å². The monoisotopic (exact) mass is 210 g/mol. The third kappa shape index (κ3) is 2.70. The van der Waals surface area contributed by atoms with E-state index in [1.165, 1.54) is 32.2 Å². The van der Waals surface area contributed by atoms with E-state index in [1.807, 2.05) is 0 Å². The van der Waals surface area contributed by atoms with Crippen LogP contribution in [-0.2, 0) is 4.79 Å². The molecule has 1 aromatic rings. The van der Waals surface area contributed by atoms with Crippen molar-refractivity contribution in [2.45, 2.75) is 6.92 Å². The number of ether oxygens (including phenoxy) is 2. The van der Waals surface area contributed by atoms with E-state index in [1.54, 1.807) is 0 Å². The van der Waals surface area contributed by atoms with Crippen molar-refractivity contribution in [3.63, 3.8) is 0 Å². The molecule has 0 atom stereocenters. The largest absolute Gasteiger partial charge is 0.496 e. The lowest BCUT2D eigenvalue weighted by atomic mass is 10.2. The fourth-order valence-corrected chi connectivity index (χ4v) is 1.08. The topological polar surface area (TPSA) is 72.8 Å². The summed E-state index contributed by atoms with van der Waals surface area (Å²) in [6.07, 6.45) is 0. The minimum atomic E-state index is -1.10. The minimum absolute atomic E-state index is 0.0217. The highest BCUT2D eigenvalue weighted by atomic mass is 16.5. The van der Waals surface area contributed by atoms with Gasteiger partial charge in [-0.25, -0.2) is 4.79 Å². The second kappa shape index (κ2) is 4.45. The molecular formula is C10H10O5. The molecule has 80 valence electrons. The van der Waals surface area contributed by atoms with E-state index in [0.29, 0.717) is 0 Å². The number of carboxylic acid groups (broad SMARTS) is 1. The lowest BCUT2D eigenvalue weighted by Gasteiger charge is -2.07. The number of carbonyl (C=O) groups is 2. The molecule has 0 radical (unpaired) electrons. The zero-order valence-electron chi connectivity index (χ0n) is 8.31. The van der Waals surface area contributed by atoms with Crippen LogP contribution in [0.3, 0.4) is 0 Å². The van der Waals surface area contributed by atoms with E-state index >= 15 is 0 Å². The molecule has 1 aromatic carbocycles. The molecule has 0 aliphatic rings. The molecule has 5 heteroatoms. The number of esters is 1. The number of aromatic carboxylic acids is 1. The highest BCUT2D eigenvalue weighted by Crippen LogP contribution is 2.24. The maximum absolute atomic E-state index is 10.7. The first-order valence-corrected chi connectivity index (χ1v) is 4.14.